The normalized spacial score (nSPS) is 12.6. The molecule has 0 heterocycles. The van der Waals surface area contributed by atoms with E-state index in [2.05, 4.69) is 49.4 Å². The molecule has 2 aromatic rings. The average molecular weight is 180 g/mol. The Morgan fingerprint density at radius 2 is 1.86 bits per heavy atom. The second kappa shape index (κ2) is 2.71. The minimum atomic E-state index is 1.11. The second-order valence-corrected chi connectivity index (χ2v) is 3.82. The molecule has 0 nitrogen and oxygen atoms in total. The van der Waals surface area contributed by atoms with Crippen LogP contribution in [0.2, 0.25) is 0 Å². The van der Waals surface area contributed by atoms with Gasteiger partial charge in [0.1, 0.15) is 0 Å². The Morgan fingerprint density at radius 1 is 1.00 bits per heavy atom. The van der Waals surface area contributed by atoms with Gasteiger partial charge in [0.05, 0.1) is 0 Å². The van der Waals surface area contributed by atoms with Crippen molar-refractivity contribution < 1.29 is 0 Å². The van der Waals surface area contributed by atoms with Crippen molar-refractivity contribution in [3.8, 4) is 0 Å². The van der Waals surface area contributed by atoms with Crippen LogP contribution in [0.15, 0.2) is 30.3 Å². The van der Waals surface area contributed by atoms with E-state index < -0.39 is 0 Å². The molecule has 2 aromatic carbocycles. The van der Waals surface area contributed by atoms with Gasteiger partial charge in [-0.15, -0.1) is 0 Å². The molecule has 0 atom stereocenters. The summed E-state index contributed by atoms with van der Waals surface area (Å²) in [6.07, 6.45) is 5.54. The highest BCUT2D eigenvalue weighted by Crippen LogP contribution is 2.32. The van der Waals surface area contributed by atoms with Crippen LogP contribution in [0.5, 0.6) is 0 Å². The Morgan fingerprint density at radius 3 is 2.71 bits per heavy atom. The van der Waals surface area contributed by atoms with E-state index in [1.54, 1.807) is 0 Å². The fraction of sp³-hybridized carbons (Fsp3) is 0.143. The SMILES string of the molecule is CCc1cc2c3c(cccc3c1)C=C2. The first-order chi connectivity index (χ1) is 6.88. The molecule has 0 spiro atoms. The van der Waals surface area contributed by atoms with E-state index in [-0.39, 0.29) is 0 Å². The van der Waals surface area contributed by atoms with Crippen molar-refractivity contribution in [2.45, 2.75) is 13.3 Å². The maximum Gasteiger partial charge on any atom is -0.00387 e. The predicted octanol–water partition coefficient (Wildman–Crippen LogP) is 3.89. The van der Waals surface area contributed by atoms with Gasteiger partial charge in [0.2, 0.25) is 0 Å². The molecular formula is C14H12. The molecule has 0 saturated carbocycles. The molecule has 0 unspecified atom stereocenters. The lowest BCUT2D eigenvalue weighted by Crippen LogP contribution is -1.84. The molecule has 0 N–H and O–H groups in total. The van der Waals surface area contributed by atoms with Crippen molar-refractivity contribution in [3.05, 3.63) is 47.0 Å². The van der Waals surface area contributed by atoms with Crippen molar-refractivity contribution >= 4 is 22.9 Å². The summed E-state index contributed by atoms with van der Waals surface area (Å²) >= 11 is 0. The van der Waals surface area contributed by atoms with Crippen LogP contribution in [0.4, 0.5) is 0 Å². The average Bonchev–Trinajstić information content (AvgIpc) is 2.64. The molecule has 1 aliphatic rings. The lowest BCUT2D eigenvalue weighted by Gasteiger charge is -2.04. The van der Waals surface area contributed by atoms with Crippen molar-refractivity contribution in [1.82, 2.24) is 0 Å². The quantitative estimate of drug-likeness (QED) is 0.533. The first-order valence-corrected chi connectivity index (χ1v) is 5.12. The Kier molecular flexibility index (Phi) is 1.51. The highest BCUT2D eigenvalue weighted by molar-refractivity contribution is 6.05. The standard InChI is InChI=1S/C14H12/c1-2-10-8-12-5-3-4-11-6-7-13(9-10)14(11)12/h3-9H,2H2,1H3. The van der Waals surface area contributed by atoms with Crippen LogP contribution < -0.4 is 0 Å². The van der Waals surface area contributed by atoms with E-state index in [1.807, 2.05) is 0 Å². The van der Waals surface area contributed by atoms with Crippen LogP contribution >= 0.6 is 0 Å². The first-order valence-electron chi connectivity index (χ1n) is 5.12. The van der Waals surface area contributed by atoms with Crippen LogP contribution in [-0.2, 0) is 6.42 Å². The highest BCUT2D eigenvalue weighted by atomic mass is 14.1. The summed E-state index contributed by atoms with van der Waals surface area (Å²) in [6.45, 7) is 2.20. The zero-order valence-electron chi connectivity index (χ0n) is 8.25. The third kappa shape index (κ3) is 0.941. The van der Waals surface area contributed by atoms with E-state index in [9.17, 15) is 0 Å². The lowest BCUT2D eigenvalue weighted by molar-refractivity contribution is 1.14. The Bertz CT molecular complexity index is 533. The van der Waals surface area contributed by atoms with Gasteiger partial charge < -0.3 is 0 Å². The van der Waals surface area contributed by atoms with Crippen LogP contribution in [-0.4, -0.2) is 0 Å². The number of rotatable bonds is 1. The Hall–Kier alpha value is -1.56. The largest absolute Gasteiger partial charge is 0.0613 e. The zero-order chi connectivity index (χ0) is 9.54. The van der Waals surface area contributed by atoms with Crippen molar-refractivity contribution in [3.63, 3.8) is 0 Å². The number of aryl methyl sites for hydroxylation is 1. The van der Waals surface area contributed by atoms with Crippen molar-refractivity contribution in [2.24, 2.45) is 0 Å². The predicted molar refractivity (Wildman–Crippen MR) is 62.3 cm³/mol. The minimum Gasteiger partial charge on any atom is -0.0613 e. The monoisotopic (exact) mass is 180 g/mol. The molecule has 3 rings (SSSR count). The molecule has 0 aliphatic heterocycles. The number of hydrogen-bond donors (Lipinski definition) is 0. The molecule has 0 bridgehead atoms. The smallest absolute Gasteiger partial charge is 0.00387 e. The van der Waals surface area contributed by atoms with E-state index in [1.165, 1.54) is 27.5 Å². The topological polar surface area (TPSA) is 0 Å². The van der Waals surface area contributed by atoms with Gasteiger partial charge in [0, 0.05) is 0 Å². The maximum absolute atomic E-state index is 2.30. The Labute approximate surface area is 83.9 Å². The molecule has 1 aliphatic carbocycles. The fourth-order valence-corrected chi connectivity index (χ4v) is 2.21. The van der Waals surface area contributed by atoms with Crippen LogP contribution in [0.25, 0.3) is 22.9 Å². The van der Waals surface area contributed by atoms with Gasteiger partial charge in [0.25, 0.3) is 0 Å². The maximum atomic E-state index is 2.30. The van der Waals surface area contributed by atoms with E-state index in [0.717, 1.165) is 6.42 Å². The molecule has 14 heavy (non-hydrogen) atoms. The van der Waals surface area contributed by atoms with E-state index >= 15 is 0 Å². The zero-order valence-corrected chi connectivity index (χ0v) is 8.25. The summed E-state index contributed by atoms with van der Waals surface area (Å²) in [6, 6.07) is 11.1. The van der Waals surface area contributed by atoms with Gasteiger partial charge in [-0.2, -0.15) is 0 Å². The lowest BCUT2D eigenvalue weighted by atomic mass is 10.00. The molecule has 0 aromatic heterocycles. The molecule has 0 fully saturated rings. The Balaban J connectivity index is 2.46. The van der Waals surface area contributed by atoms with Crippen molar-refractivity contribution in [2.75, 3.05) is 0 Å². The van der Waals surface area contributed by atoms with Gasteiger partial charge in [-0.3, -0.25) is 0 Å². The van der Waals surface area contributed by atoms with Gasteiger partial charge in [-0.1, -0.05) is 49.4 Å². The van der Waals surface area contributed by atoms with E-state index in [0.29, 0.717) is 0 Å². The second-order valence-electron chi connectivity index (χ2n) is 3.82. The van der Waals surface area contributed by atoms with Gasteiger partial charge in [-0.25, -0.2) is 0 Å². The number of benzene rings is 2. The summed E-state index contributed by atoms with van der Waals surface area (Å²) in [5.74, 6) is 0. The summed E-state index contributed by atoms with van der Waals surface area (Å²) in [4.78, 5) is 0. The van der Waals surface area contributed by atoms with Gasteiger partial charge >= 0.3 is 0 Å². The minimum absolute atomic E-state index is 1.11. The third-order valence-corrected chi connectivity index (χ3v) is 2.95. The third-order valence-electron chi connectivity index (χ3n) is 2.95. The molecule has 0 amide bonds. The summed E-state index contributed by atoms with van der Waals surface area (Å²) in [5.41, 5.74) is 4.17. The van der Waals surface area contributed by atoms with Crippen LogP contribution in [0.3, 0.4) is 0 Å². The summed E-state index contributed by atoms with van der Waals surface area (Å²) < 4.78 is 0. The number of hydrogen-bond acceptors (Lipinski definition) is 0. The van der Waals surface area contributed by atoms with E-state index in [4.69, 9.17) is 0 Å². The molecule has 0 saturated heterocycles. The van der Waals surface area contributed by atoms with Gasteiger partial charge in [0.15, 0.2) is 0 Å². The van der Waals surface area contributed by atoms with Crippen molar-refractivity contribution in [1.29, 1.82) is 0 Å². The molecule has 68 valence electrons. The molecule has 0 heteroatoms. The molecule has 0 radical (unpaired) electrons. The summed E-state index contributed by atoms with van der Waals surface area (Å²) in [7, 11) is 0. The molecular weight excluding hydrogens is 168 g/mol. The highest BCUT2D eigenvalue weighted by Gasteiger charge is 2.08. The summed E-state index contributed by atoms with van der Waals surface area (Å²) in [5, 5.41) is 2.80. The van der Waals surface area contributed by atoms with Gasteiger partial charge in [-0.05, 0) is 33.9 Å². The fourth-order valence-electron chi connectivity index (χ4n) is 2.21. The van der Waals surface area contributed by atoms with Crippen LogP contribution in [0, 0.1) is 0 Å². The first kappa shape index (κ1) is 7.81. The van der Waals surface area contributed by atoms with Crippen LogP contribution in [0.1, 0.15) is 23.6 Å².